The molecule has 1 fully saturated rings. The van der Waals surface area contributed by atoms with Crippen molar-refractivity contribution in [3.63, 3.8) is 0 Å². The van der Waals surface area contributed by atoms with E-state index in [1.807, 2.05) is 37.3 Å². The van der Waals surface area contributed by atoms with Crippen molar-refractivity contribution in [1.82, 2.24) is 24.6 Å². The predicted molar refractivity (Wildman–Crippen MR) is 171 cm³/mol. The second-order valence-electron chi connectivity index (χ2n) is 13.2. The summed E-state index contributed by atoms with van der Waals surface area (Å²) in [4.78, 5) is 28.3. The highest BCUT2D eigenvalue weighted by atomic mass is 19.1. The van der Waals surface area contributed by atoms with Crippen molar-refractivity contribution in [2.75, 3.05) is 6.61 Å². The van der Waals surface area contributed by atoms with Gasteiger partial charge in [-0.2, -0.15) is 10.1 Å². The van der Waals surface area contributed by atoms with Crippen molar-refractivity contribution < 1.29 is 24.2 Å². The summed E-state index contributed by atoms with van der Waals surface area (Å²) in [7, 11) is 0. The smallest absolute Gasteiger partial charge is 0.293 e. The highest BCUT2D eigenvalue weighted by molar-refractivity contribution is 6.04. The Morgan fingerprint density at radius 2 is 1.93 bits per heavy atom. The van der Waals surface area contributed by atoms with Crippen molar-refractivity contribution in [3.8, 4) is 11.1 Å². The number of halogens is 1. The third-order valence-corrected chi connectivity index (χ3v) is 8.66. The Bertz CT molecular complexity index is 1840. The van der Waals surface area contributed by atoms with E-state index in [9.17, 15) is 15.0 Å². The second-order valence-corrected chi connectivity index (χ2v) is 13.2. The van der Waals surface area contributed by atoms with Crippen molar-refractivity contribution in [2.45, 2.75) is 90.4 Å². The Morgan fingerprint density at radius 3 is 2.59 bits per heavy atom. The Kier molecular flexibility index (Phi) is 8.57. The lowest BCUT2D eigenvalue weighted by atomic mass is 9.88. The van der Waals surface area contributed by atoms with Gasteiger partial charge in [-0.3, -0.25) is 9.36 Å². The van der Waals surface area contributed by atoms with E-state index in [0.29, 0.717) is 58.7 Å². The van der Waals surface area contributed by atoms with Crippen molar-refractivity contribution >= 4 is 11.6 Å². The van der Waals surface area contributed by atoms with E-state index >= 15 is 4.39 Å². The molecule has 1 aliphatic carbocycles. The Balaban J connectivity index is 1.32. The molecule has 0 radical (unpaired) electrons. The normalized spacial score (nSPS) is 21.5. The van der Waals surface area contributed by atoms with Crippen LogP contribution in [-0.2, 0) is 22.4 Å². The average Bonchev–Trinajstić information content (AvgIpc) is 3.63. The summed E-state index contributed by atoms with van der Waals surface area (Å²) in [6, 6.07) is 12.2. The minimum absolute atomic E-state index is 0.0749. The van der Waals surface area contributed by atoms with Crippen LogP contribution in [0.25, 0.3) is 16.9 Å². The molecule has 11 nitrogen and oxygen atoms in total. The molecule has 1 unspecified atom stereocenters. The van der Waals surface area contributed by atoms with Gasteiger partial charge in [0.05, 0.1) is 24.0 Å². The highest BCUT2D eigenvalue weighted by Gasteiger charge is 2.39. The molecule has 2 aromatic carbocycles. The fraction of sp³-hybridized carbons (Fsp3) is 0.471. The van der Waals surface area contributed by atoms with Crippen LogP contribution in [0.3, 0.4) is 0 Å². The van der Waals surface area contributed by atoms with Crippen LogP contribution < -0.4 is 11.0 Å². The maximum atomic E-state index is 15.9. The van der Waals surface area contributed by atoms with Gasteiger partial charge >= 0.3 is 0 Å². The van der Waals surface area contributed by atoms with E-state index in [1.54, 1.807) is 42.8 Å². The Hall–Kier alpha value is -3.97. The van der Waals surface area contributed by atoms with Gasteiger partial charge in [0.2, 0.25) is 5.78 Å². The zero-order valence-electron chi connectivity index (χ0n) is 26.8. The van der Waals surface area contributed by atoms with Gasteiger partial charge in [0.25, 0.3) is 11.5 Å². The van der Waals surface area contributed by atoms with E-state index < -0.39 is 17.3 Å². The van der Waals surface area contributed by atoms with E-state index in [1.165, 1.54) is 12.4 Å². The third-order valence-electron chi connectivity index (χ3n) is 8.66. The number of nitrogens with one attached hydrogen (secondary N) is 1. The molecule has 244 valence electrons. The minimum Gasteiger partial charge on any atom is -0.388 e. The maximum absolute atomic E-state index is 15.9. The summed E-state index contributed by atoms with van der Waals surface area (Å²) in [6.45, 7) is 9.22. The number of rotatable bonds is 11. The van der Waals surface area contributed by atoms with Crippen LogP contribution in [0, 0.1) is 11.7 Å². The molecule has 2 aromatic heterocycles. The molecule has 1 atom stereocenters. The molecule has 3 heterocycles. The summed E-state index contributed by atoms with van der Waals surface area (Å²) in [5, 5.41) is 25.2. The average molecular weight is 633 g/mol. The summed E-state index contributed by atoms with van der Waals surface area (Å²) >= 11 is 0. The number of aliphatic hydroxyl groups is 2. The summed E-state index contributed by atoms with van der Waals surface area (Å²) in [6.07, 6.45) is 4.02. The molecule has 46 heavy (non-hydrogen) atoms. The lowest BCUT2D eigenvalue weighted by Crippen LogP contribution is -2.42. The quantitative estimate of drug-likeness (QED) is 0.223. The first-order valence-corrected chi connectivity index (χ1v) is 15.8. The zero-order chi connectivity index (χ0) is 32.8. The van der Waals surface area contributed by atoms with Gasteiger partial charge in [-0.15, -0.1) is 0 Å². The van der Waals surface area contributed by atoms with Gasteiger partial charge in [-0.25, -0.2) is 24.2 Å². The number of hydrogen-bond acceptors (Lipinski definition) is 9. The first-order chi connectivity index (χ1) is 21.9. The first-order valence-electron chi connectivity index (χ1n) is 15.8. The van der Waals surface area contributed by atoms with Gasteiger partial charge in [-0.05, 0) is 55.9 Å². The lowest BCUT2D eigenvalue weighted by Gasteiger charge is -2.37. The highest BCUT2D eigenvalue weighted by Crippen LogP contribution is 2.36. The molecule has 4 aromatic rings. The molecule has 1 saturated carbocycles. The van der Waals surface area contributed by atoms with Crippen molar-refractivity contribution in [3.05, 3.63) is 87.3 Å². The summed E-state index contributed by atoms with van der Waals surface area (Å²) in [5.74, 6) is -1.62. The van der Waals surface area contributed by atoms with Gasteiger partial charge in [0.1, 0.15) is 12.1 Å². The number of aromatic nitrogens is 4. The molecule has 3 N–H and O–H groups in total. The number of amidine groups is 1. The summed E-state index contributed by atoms with van der Waals surface area (Å²) < 4.78 is 25.2. The Labute approximate surface area is 266 Å². The Morgan fingerprint density at radius 1 is 1.20 bits per heavy atom. The van der Waals surface area contributed by atoms with Crippen molar-refractivity contribution in [2.24, 2.45) is 10.9 Å². The number of fused-ring (bicyclic) bond motifs is 1. The van der Waals surface area contributed by atoms with Gasteiger partial charge in [-0.1, -0.05) is 63.6 Å². The van der Waals surface area contributed by atoms with Crippen LogP contribution in [0.5, 0.6) is 0 Å². The number of aryl methyl sites for hydroxylation is 1. The van der Waals surface area contributed by atoms with Crippen LogP contribution in [0.15, 0.2) is 58.6 Å². The van der Waals surface area contributed by atoms with E-state index in [2.05, 4.69) is 20.6 Å². The molecule has 0 spiro atoms. The first kappa shape index (κ1) is 32.0. The predicted octanol–water partition coefficient (Wildman–Crippen LogP) is 4.31. The molecular weight excluding hydrogens is 591 g/mol. The molecule has 12 heteroatoms. The SMILES string of the molecule is CCCc1c(Cc2ccc(-c3ccccc3C3=NC(O)(C(C)C)ON3)cc2F)c(=O)n(C2CC(OCC(C)(C)O)C2)c2ncnn12. The number of ether oxygens (including phenoxy) is 1. The molecule has 0 bridgehead atoms. The van der Waals surface area contributed by atoms with Crippen LogP contribution in [0.1, 0.15) is 82.3 Å². The summed E-state index contributed by atoms with van der Waals surface area (Å²) in [5.41, 5.74) is 5.16. The van der Waals surface area contributed by atoms with E-state index in [-0.39, 0.29) is 36.7 Å². The van der Waals surface area contributed by atoms with Crippen LogP contribution in [-0.4, -0.2) is 59.4 Å². The topological polar surface area (TPSA) is 136 Å². The molecule has 2 aliphatic rings. The maximum Gasteiger partial charge on any atom is 0.293 e. The molecule has 6 rings (SSSR count). The van der Waals surface area contributed by atoms with E-state index in [4.69, 9.17) is 9.57 Å². The number of benzene rings is 2. The fourth-order valence-electron chi connectivity index (χ4n) is 5.97. The van der Waals surface area contributed by atoms with Crippen LogP contribution in [0.2, 0.25) is 0 Å². The van der Waals surface area contributed by atoms with Crippen LogP contribution in [0.4, 0.5) is 4.39 Å². The third kappa shape index (κ3) is 6.09. The monoisotopic (exact) mass is 632 g/mol. The lowest BCUT2D eigenvalue weighted by molar-refractivity contribution is -0.230. The van der Waals surface area contributed by atoms with Gasteiger partial charge < -0.3 is 14.9 Å². The second kappa shape index (κ2) is 12.3. The molecule has 0 saturated heterocycles. The van der Waals surface area contributed by atoms with Gasteiger partial charge in [0.15, 0.2) is 5.84 Å². The minimum atomic E-state index is -1.70. The molecule has 1 aliphatic heterocycles. The molecule has 0 amide bonds. The number of aliphatic imine (C=N–C) groups is 1. The van der Waals surface area contributed by atoms with E-state index in [0.717, 1.165) is 12.1 Å². The van der Waals surface area contributed by atoms with Crippen molar-refractivity contribution in [1.29, 1.82) is 0 Å². The number of hydroxylamine groups is 1. The number of nitrogens with zero attached hydrogens (tertiary/aromatic N) is 5. The standard InChI is InChI=1S/C34H41FN6O5/c1-6-9-29-27(31(42)40(32-36-19-37-41(29)32)23-16-24(17-23)45-18-33(4,5)43)14-22-13-12-21(15-28(22)35)25-10-7-8-11-26(25)30-38-34(44,20(2)3)46-39-30/h7-8,10-13,15,19-20,23-24,43-44H,6,9,14,16-18H2,1-5H3,(H,38,39). The van der Waals surface area contributed by atoms with Gasteiger partial charge in [0, 0.05) is 29.5 Å². The zero-order valence-corrected chi connectivity index (χ0v) is 26.8. The number of hydrogen-bond donors (Lipinski definition) is 3. The fourth-order valence-corrected chi connectivity index (χ4v) is 5.97. The largest absolute Gasteiger partial charge is 0.388 e. The molecular formula is C34H41FN6O5. The van der Waals surface area contributed by atoms with Crippen LogP contribution >= 0.6 is 0 Å².